The van der Waals surface area contributed by atoms with Crippen LogP contribution in [0.1, 0.15) is 51.0 Å². The summed E-state index contributed by atoms with van der Waals surface area (Å²) in [7, 11) is -1.13. The third kappa shape index (κ3) is 6.01. The van der Waals surface area contributed by atoms with Crippen molar-refractivity contribution in [3.8, 4) is 0 Å². The van der Waals surface area contributed by atoms with Gasteiger partial charge in [-0.1, -0.05) is 39.4 Å². The summed E-state index contributed by atoms with van der Waals surface area (Å²) in [5.74, 6) is 1.46. The number of fused-ring (bicyclic) bond motifs is 2. The second-order valence-electron chi connectivity index (χ2n) is 12.1. The minimum absolute atomic E-state index is 0.0560. The van der Waals surface area contributed by atoms with E-state index in [-0.39, 0.29) is 17.2 Å². The van der Waals surface area contributed by atoms with E-state index in [4.69, 9.17) is 15.2 Å². The molecular weight excluding hydrogens is 444 g/mol. The van der Waals surface area contributed by atoms with Crippen LogP contribution in [0.2, 0.25) is 25.7 Å². The molecule has 2 aliphatic heterocycles. The largest absolute Gasteiger partial charge is 0.381 e. The maximum absolute atomic E-state index is 12.9. The molecule has 4 rings (SSSR count). The van der Waals surface area contributed by atoms with Crippen molar-refractivity contribution in [1.29, 1.82) is 0 Å². The highest BCUT2D eigenvalue weighted by atomic mass is 28.3. The molecule has 190 valence electrons. The highest BCUT2D eigenvalue weighted by molar-refractivity contribution is 6.76. The van der Waals surface area contributed by atoms with E-state index < -0.39 is 14.1 Å². The van der Waals surface area contributed by atoms with Crippen molar-refractivity contribution < 1.29 is 14.3 Å². The Morgan fingerprint density at radius 2 is 2.00 bits per heavy atom. The lowest BCUT2D eigenvalue weighted by Gasteiger charge is -2.34. The Kier molecular flexibility index (Phi) is 8.01. The standard InChI is InChI=1S/C26H44N4O3Si/c1-19-5-7-20(8-6-19)24(27)25(31)29-23-15-22-21(16-28-23)26(9-11-32-12-10-26)17-30(22)18-33-13-14-34(2,3)4/h15-16,19-20,24H,5-14,17-18,27H2,1-4H3,(H,28,29,31). The molecule has 34 heavy (non-hydrogen) atoms. The molecule has 3 N–H and O–H groups in total. The first-order valence-electron chi connectivity index (χ1n) is 13.1. The average Bonchev–Trinajstić information content (AvgIpc) is 3.08. The fourth-order valence-corrected chi connectivity index (χ4v) is 6.40. The van der Waals surface area contributed by atoms with Gasteiger partial charge in [0.2, 0.25) is 5.91 Å². The van der Waals surface area contributed by atoms with Gasteiger partial charge in [0.25, 0.3) is 0 Å². The van der Waals surface area contributed by atoms with E-state index >= 15 is 0 Å². The summed E-state index contributed by atoms with van der Waals surface area (Å²) in [6, 6.07) is 2.70. The van der Waals surface area contributed by atoms with Gasteiger partial charge in [0.05, 0.1) is 6.04 Å². The van der Waals surface area contributed by atoms with Gasteiger partial charge < -0.3 is 25.4 Å². The molecule has 3 aliphatic rings. The lowest BCUT2D eigenvalue weighted by molar-refractivity contribution is -0.118. The zero-order valence-corrected chi connectivity index (χ0v) is 22.6. The van der Waals surface area contributed by atoms with E-state index in [0.717, 1.165) is 82.5 Å². The number of hydrogen-bond donors (Lipinski definition) is 2. The molecule has 7 nitrogen and oxygen atoms in total. The number of carbonyl (C=O) groups excluding carboxylic acids is 1. The van der Waals surface area contributed by atoms with E-state index in [0.29, 0.717) is 12.5 Å². The number of nitrogens with zero attached hydrogens (tertiary/aromatic N) is 2. The zero-order chi connectivity index (χ0) is 24.3. The first-order chi connectivity index (χ1) is 16.2. The van der Waals surface area contributed by atoms with Crippen LogP contribution in [0.3, 0.4) is 0 Å². The van der Waals surface area contributed by atoms with Crippen molar-refractivity contribution in [2.75, 3.05) is 43.3 Å². The lowest BCUT2D eigenvalue weighted by atomic mass is 9.76. The predicted molar refractivity (Wildman–Crippen MR) is 140 cm³/mol. The van der Waals surface area contributed by atoms with Crippen LogP contribution in [-0.4, -0.2) is 58.1 Å². The molecule has 1 saturated heterocycles. The molecule has 1 aliphatic carbocycles. The summed E-state index contributed by atoms with van der Waals surface area (Å²) in [6.07, 6.45) is 8.31. The van der Waals surface area contributed by atoms with Gasteiger partial charge >= 0.3 is 0 Å². The van der Waals surface area contributed by atoms with Crippen molar-refractivity contribution in [3.05, 3.63) is 17.8 Å². The Balaban J connectivity index is 1.46. The Morgan fingerprint density at radius 3 is 2.68 bits per heavy atom. The van der Waals surface area contributed by atoms with Crippen molar-refractivity contribution >= 4 is 25.5 Å². The number of nitrogens with two attached hydrogens (primary N) is 1. The summed E-state index contributed by atoms with van der Waals surface area (Å²) in [5, 5.41) is 3.02. The first-order valence-corrected chi connectivity index (χ1v) is 16.8. The normalized spacial score (nSPS) is 25.3. The van der Waals surface area contributed by atoms with Gasteiger partial charge in [0.1, 0.15) is 12.5 Å². The van der Waals surface area contributed by atoms with E-state index in [1.54, 1.807) is 0 Å². The molecule has 1 saturated carbocycles. The number of aromatic nitrogens is 1. The molecular formula is C26H44N4O3Si. The second-order valence-corrected chi connectivity index (χ2v) is 17.7. The van der Waals surface area contributed by atoms with Gasteiger partial charge in [-0.05, 0) is 43.6 Å². The Hall–Kier alpha value is -1.48. The third-order valence-electron chi connectivity index (χ3n) is 8.10. The number of nitrogens with one attached hydrogen (secondary N) is 1. The number of hydrogen-bond acceptors (Lipinski definition) is 6. The average molecular weight is 489 g/mol. The Bertz CT molecular complexity index is 845. The summed E-state index contributed by atoms with van der Waals surface area (Å²) < 4.78 is 11.8. The van der Waals surface area contributed by atoms with Crippen molar-refractivity contribution in [2.24, 2.45) is 17.6 Å². The Labute approximate surface area is 206 Å². The summed E-state index contributed by atoms with van der Waals surface area (Å²) >= 11 is 0. The molecule has 0 bridgehead atoms. The van der Waals surface area contributed by atoms with Crippen LogP contribution >= 0.6 is 0 Å². The van der Waals surface area contributed by atoms with Gasteiger partial charge in [0, 0.05) is 63.4 Å². The minimum Gasteiger partial charge on any atom is -0.381 e. The molecule has 0 radical (unpaired) electrons. The van der Waals surface area contributed by atoms with E-state index in [1.807, 2.05) is 12.3 Å². The molecule has 1 amide bonds. The van der Waals surface area contributed by atoms with Gasteiger partial charge in [-0.25, -0.2) is 4.98 Å². The monoisotopic (exact) mass is 488 g/mol. The maximum atomic E-state index is 12.9. The highest BCUT2D eigenvalue weighted by Crippen LogP contribution is 2.47. The van der Waals surface area contributed by atoms with E-state index in [9.17, 15) is 4.79 Å². The van der Waals surface area contributed by atoms with Crippen LogP contribution in [0, 0.1) is 11.8 Å². The molecule has 1 aromatic heterocycles. The quantitative estimate of drug-likeness (QED) is 0.418. The second kappa shape index (κ2) is 10.6. The van der Waals surface area contributed by atoms with Crippen LogP contribution in [0.5, 0.6) is 0 Å². The highest BCUT2D eigenvalue weighted by Gasteiger charge is 2.44. The molecule has 8 heteroatoms. The third-order valence-corrected chi connectivity index (χ3v) is 9.81. The number of amides is 1. The summed E-state index contributed by atoms with van der Waals surface area (Å²) in [5.41, 5.74) is 8.81. The van der Waals surface area contributed by atoms with Crippen LogP contribution in [0.15, 0.2) is 12.3 Å². The number of rotatable bonds is 8. The van der Waals surface area contributed by atoms with Crippen LogP contribution in [0.4, 0.5) is 11.5 Å². The van der Waals surface area contributed by atoms with Crippen LogP contribution < -0.4 is 16.0 Å². The SMILES string of the molecule is CC1CCC(C(N)C(=O)Nc2cc3c(cn2)C2(CCOCC2)CN3COCC[Si](C)(C)C)CC1. The number of carbonyl (C=O) groups is 1. The number of ether oxygens (including phenoxy) is 2. The lowest BCUT2D eigenvalue weighted by Crippen LogP contribution is -2.43. The van der Waals surface area contributed by atoms with Gasteiger partial charge in [-0.3, -0.25) is 4.79 Å². The van der Waals surface area contributed by atoms with Crippen molar-refractivity contribution in [2.45, 2.75) is 82.6 Å². The fourth-order valence-electron chi connectivity index (χ4n) is 5.65. The topological polar surface area (TPSA) is 89.7 Å². The molecule has 0 aromatic carbocycles. The smallest absolute Gasteiger partial charge is 0.242 e. The van der Waals surface area contributed by atoms with Gasteiger partial charge in [-0.15, -0.1) is 0 Å². The van der Waals surface area contributed by atoms with Crippen molar-refractivity contribution in [3.63, 3.8) is 0 Å². The molecule has 2 fully saturated rings. The van der Waals surface area contributed by atoms with Crippen LogP contribution in [0.25, 0.3) is 0 Å². The van der Waals surface area contributed by atoms with Crippen molar-refractivity contribution in [1.82, 2.24) is 4.98 Å². The minimum atomic E-state index is -1.13. The van der Waals surface area contributed by atoms with E-state index in [1.165, 1.54) is 5.56 Å². The van der Waals surface area contributed by atoms with Gasteiger partial charge in [0.15, 0.2) is 0 Å². The maximum Gasteiger partial charge on any atom is 0.242 e. The molecule has 1 unspecified atom stereocenters. The predicted octanol–water partition coefficient (Wildman–Crippen LogP) is 4.35. The Morgan fingerprint density at radius 1 is 1.29 bits per heavy atom. The molecule has 3 heterocycles. The number of pyridine rings is 1. The zero-order valence-electron chi connectivity index (χ0n) is 21.6. The number of anilines is 2. The van der Waals surface area contributed by atoms with Crippen LogP contribution in [-0.2, 0) is 19.7 Å². The van der Waals surface area contributed by atoms with E-state index in [2.05, 4.69) is 41.8 Å². The fraction of sp³-hybridized carbons (Fsp3) is 0.769. The summed E-state index contributed by atoms with van der Waals surface area (Å²) in [4.78, 5) is 19.9. The summed E-state index contributed by atoms with van der Waals surface area (Å²) in [6.45, 7) is 13.2. The molecule has 1 spiro atoms. The first kappa shape index (κ1) is 25.6. The molecule has 1 aromatic rings. The molecule has 1 atom stereocenters. The van der Waals surface area contributed by atoms with Gasteiger partial charge in [-0.2, -0.15) is 0 Å².